The van der Waals surface area contributed by atoms with Crippen molar-refractivity contribution in [2.75, 3.05) is 19.6 Å². The number of hydrogen-bond acceptors (Lipinski definition) is 7. The second kappa shape index (κ2) is 11.7. The topological polar surface area (TPSA) is 91.1 Å². The van der Waals surface area contributed by atoms with Crippen molar-refractivity contribution in [3.63, 3.8) is 0 Å². The Morgan fingerprint density at radius 2 is 2.06 bits per heavy atom. The maximum absolute atomic E-state index is 14.2. The maximum atomic E-state index is 14.2. The molecule has 4 rings (SSSR count). The van der Waals surface area contributed by atoms with E-state index in [0.717, 1.165) is 17.4 Å². The van der Waals surface area contributed by atoms with Gasteiger partial charge in [-0.25, -0.2) is 23.1 Å². The van der Waals surface area contributed by atoms with E-state index in [1.54, 1.807) is 18.3 Å². The minimum Gasteiger partial charge on any atom is -0.473 e. The smallest absolute Gasteiger partial charge is 0.281 e. The Balaban J connectivity index is 1.49. The van der Waals surface area contributed by atoms with Crippen LogP contribution in [0.1, 0.15) is 51.8 Å². The predicted molar refractivity (Wildman–Crippen MR) is 128 cm³/mol. The van der Waals surface area contributed by atoms with E-state index in [1.165, 1.54) is 17.6 Å². The van der Waals surface area contributed by atoms with Crippen molar-refractivity contribution < 1.29 is 22.7 Å². The van der Waals surface area contributed by atoms with Gasteiger partial charge >= 0.3 is 0 Å². The molecule has 1 atom stereocenters. The standard InChI is InChI=1S/C24H21ClF3N5O2S/c25-16-4-1-5-17(26)19(16)23(34)31-12-18(21-20(22(27)28)32-13-36-21)33-9-6-15(7-10-33)35-24-14(11-29)3-2-8-30-24/h1-5,8,13,15,18,22H,6-7,9-10,12H2,(H,31,34). The molecule has 1 aromatic carbocycles. The monoisotopic (exact) mass is 535 g/mol. The fourth-order valence-electron chi connectivity index (χ4n) is 4.09. The summed E-state index contributed by atoms with van der Waals surface area (Å²) in [6, 6.07) is 8.62. The molecule has 0 radical (unpaired) electrons. The molecule has 1 aliphatic heterocycles. The minimum atomic E-state index is -2.78. The van der Waals surface area contributed by atoms with E-state index in [9.17, 15) is 23.2 Å². The highest BCUT2D eigenvalue weighted by atomic mass is 35.5. The summed E-state index contributed by atoms with van der Waals surface area (Å²) < 4.78 is 47.4. The average molecular weight is 536 g/mol. The van der Waals surface area contributed by atoms with Crippen LogP contribution in [0.2, 0.25) is 5.02 Å². The number of amides is 1. The summed E-state index contributed by atoms with van der Waals surface area (Å²) in [5, 5.41) is 11.9. The number of rotatable bonds is 8. The Hall–Kier alpha value is -3.20. The number of ether oxygens (including phenoxy) is 1. The second-order valence-electron chi connectivity index (χ2n) is 8.05. The number of likely N-dealkylation sites (tertiary alicyclic amines) is 1. The molecule has 7 nitrogen and oxygen atoms in total. The molecule has 0 saturated carbocycles. The third-order valence-corrected chi connectivity index (χ3v) is 7.13. The fourth-order valence-corrected chi connectivity index (χ4v) is 5.27. The lowest BCUT2D eigenvalue weighted by Crippen LogP contribution is -2.44. The van der Waals surface area contributed by atoms with Crippen LogP contribution < -0.4 is 10.1 Å². The molecule has 2 aromatic heterocycles. The van der Waals surface area contributed by atoms with Crippen LogP contribution in [0.5, 0.6) is 5.88 Å². The zero-order chi connectivity index (χ0) is 25.7. The molecule has 36 heavy (non-hydrogen) atoms. The molecule has 0 bridgehead atoms. The highest BCUT2D eigenvalue weighted by molar-refractivity contribution is 7.09. The molecule has 0 aliphatic carbocycles. The third-order valence-electron chi connectivity index (χ3n) is 5.87. The number of carbonyl (C=O) groups excluding carboxylic acids is 1. The predicted octanol–water partition coefficient (Wildman–Crippen LogP) is 5.15. The van der Waals surface area contributed by atoms with Gasteiger partial charge in [0.15, 0.2) is 0 Å². The van der Waals surface area contributed by atoms with E-state index in [0.29, 0.717) is 36.4 Å². The van der Waals surface area contributed by atoms with Crippen molar-refractivity contribution in [1.29, 1.82) is 5.26 Å². The summed E-state index contributed by atoms with van der Waals surface area (Å²) in [7, 11) is 0. The Morgan fingerprint density at radius 1 is 1.28 bits per heavy atom. The van der Waals surface area contributed by atoms with E-state index in [2.05, 4.69) is 15.3 Å². The van der Waals surface area contributed by atoms with Crippen LogP contribution >= 0.6 is 22.9 Å². The summed E-state index contributed by atoms with van der Waals surface area (Å²) in [4.78, 5) is 23.0. The van der Waals surface area contributed by atoms with Gasteiger partial charge in [0.25, 0.3) is 12.3 Å². The molecule has 1 fully saturated rings. The summed E-state index contributed by atoms with van der Waals surface area (Å²) in [5.74, 6) is -1.25. The molecule has 12 heteroatoms. The van der Waals surface area contributed by atoms with E-state index in [-0.39, 0.29) is 34.8 Å². The molecule has 188 valence electrons. The van der Waals surface area contributed by atoms with Gasteiger partial charge in [-0.3, -0.25) is 9.69 Å². The Kier molecular flexibility index (Phi) is 8.40. The normalized spacial score (nSPS) is 15.4. The number of alkyl halides is 2. The van der Waals surface area contributed by atoms with Crippen LogP contribution in [-0.2, 0) is 0 Å². The zero-order valence-electron chi connectivity index (χ0n) is 18.8. The molecule has 1 unspecified atom stereocenters. The Bertz CT molecular complexity index is 1240. The first-order valence-corrected chi connectivity index (χ1v) is 12.3. The van der Waals surface area contributed by atoms with Gasteiger partial charge in [-0.15, -0.1) is 11.3 Å². The van der Waals surface area contributed by atoms with E-state index >= 15 is 0 Å². The van der Waals surface area contributed by atoms with Crippen LogP contribution in [0.15, 0.2) is 42.0 Å². The fraction of sp³-hybridized carbons (Fsp3) is 0.333. The first-order valence-electron chi connectivity index (χ1n) is 11.1. The van der Waals surface area contributed by atoms with Gasteiger partial charge in [0, 0.05) is 25.8 Å². The number of nitrogens with one attached hydrogen (secondary N) is 1. The van der Waals surface area contributed by atoms with Crippen LogP contribution in [-0.4, -0.2) is 46.5 Å². The van der Waals surface area contributed by atoms with Crippen molar-refractivity contribution in [3.05, 3.63) is 74.6 Å². The third kappa shape index (κ3) is 5.78. The summed E-state index contributed by atoms with van der Waals surface area (Å²) in [6.07, 6.45) is -0.352. The average Bonchev–Trinajstić information content (AvgIpc) is 3.35. The largest absolute Gasteiger partial charge is 0.473 e. The molecule has 1 N–H and O–H groups in total. The van der Waals surface area contributed by atoms with Gasteiger partial charge in [-0.05, 0) is 37.1 Å². The number of piperidine rings is 1. The Labute approximate surface area is 214 Å². The number of benzene rings is 1. The molecule has 3 aromatic rings. The summed E-state index contributed by atoms with van der Waals surface area (Å²) in [5.41, 5.74) is 1.04. The number of carbonyl (C=O) groups is 1. The van der Waals surface area contributed by atoms with Crippen LogP contribution in [0.25, 0.3) is 0 Å². The quantitative estimate of drug-likeness (QED) is 0.429. The lowest BCUT2D eigenvalue weighted by atomic mass is 10.0. The van der Waals surface area contributed by atoms with Crippen molar-refractivity contribution in [1.82, 2.24) is 20.2 Å². The zero-order valence-corrected chi connectivity index (χ0v) is 20.4. The van der Waals surface area contributed by atoms with Crippen LogP contribution in [0.4, 0.5) is 13.2 Å². The van der Waals surface area contributed by atoms with Crippen molar-refractivity contribution in [2.45, 2.75) is 31.4 Å². The SMILES string of the molecule is N#Cc1cccnc1OC1CCN(C(CNC(=O)c2c(F)cccc2Cl)c2scnc2C(F)F)CC1. The van der Waals surface area contributed by atoms with E-state index in [4.69, 9.17) is 16.3 Å². The van der Waals surface area contributed by atoms with Gasteiger partial charge in [0.1, 0.15) is 29.2 Å². The number of nitrogens with zero attached hydrogens (tertiary/aromatic N) is 4. The van der Waals surface area contributed by atoms with Crippen molar-refractivity contribution in [3.8, 4) is 11.9 Å². The Morgan fingerprint density at radius 3 is 2.75 bits per heavy atom. The van der Waals surface area contributed by atoms with Gasteiger partial charge in [-0.2, -0.15) is 5.26 Å². The van der Waals surface area contributed by atoms with E-state index < -0.39 is 24.2 Å². The van der Waals surface area contributed by atoms with Gasteiger partial charge in [0.2, 0.25) is 5.88 Å². The first-order chi connectivity index (χ1) is 17.4. The number of aromatic nitrogens is 2. The van der Waals surface area contributed by atoms with E-state index in [1.807, 2.05) is 11.0 Å². The van der Waals surface area contributed by atoms with Crippen molar-refractivity contribution >= 4 is 28.8 Å². The molecule has 3 heterocycles. The number of hydrogen-bond donors (Lipinski definition) is 1. The highest BCUT2D eigenvalue weighted by Gasteiger charge is 2.32. The van der Waals surface area contributed by atoms with Crippen LogP contribution in [0, 0.1) is 17.1 Å². The van der Waals surface area contributed by atoms with Gasteiger partial charge in [-0.1, -0.05) is 17.7 Å². The number of halogens is 4. The summed E-state index contributed by atoms with van der Waals surface area (Å²) >= 11 is 7.08. The van der Waals surface area contributed by atoms with Gasteiger partial charge < -0.3 is 10.1 Å². The number of pyridine rings is 1. The summed E-state index contributed by atoms with van der Waals surface area (Å²) in [6.45, 7) is 0.900. The molecule has 0 spiro atoms. The lowest BCUT2D eigenvalue weighted by molar-refractivity contribution is 0.0680. The maximum Gasteiger partial charge on any atom is 0.281 e. The first kappa shape index (κ1) is 25.9. The highest BCUT2D eigenvalue weighted by Crippen LogP contribution is 2.35. The van der Waals surface area contributed by atoms with Crippen LogP contribution in [0.3, 0.4) is 0 Å². The minimum absolute atomic E-state index is 0.0423. The van der Waals surface area contributed by atoms with Crippen molar-refractivity contribution in [2.24, 2.45) is 0 Å². The molecule has 1 amide bonds. The lowest BCUT2D eigenvalue weighted by Gasteiger charge is -2.37. The number of thiazole rings is 1. The number of nitriles is 1. The molecular weight excluding hydrogens is 515 g/mol. The molecular formula is C24H21ClF3N5O2S. The van der Waals surface area contributed by atoms with Gasteiger partial charge in [0.05, 0.1) is 27.0 Å². The molecule has 1 aliphatic rings. The second-order valence-corrected chi connectivity index (χ2v) is 9.34. The molecule has 1 saturated heterocycles.